The van der Waals surface area contributed by atoms with E-state index in [0.717, 1.165) is 52.7 Å². The molecule has 3 rings (SSSR count). The van der Waals surface area contributed by atoms with E-state index in [1.807, 2.05) is 50.2 Å². The van der Waals surface area contributed by atoms with Crippen LogP contribution in [0.4, 0.5) is 5.69 Å². The number of rotatable bonds is 6. The summed E-state index contributed by atoms with van der Waals surface area (Å²) in [4.78, 5) is 16.5. The molecule has 0 aliphatic rings. The summed E-state index contributed by atoms with van der Waals surface area (Å²) in [5.74, 6) is 0.493. The molecule has 5 nitrogen and oxygen atoms in total. The van der Waals surface area contributed by atoms with Crippen LogP contribution in [0.5, 0.6) is 0 Å². The van der Waals surface area contributed by atoms with Gasteiger partial charge in [0, 0.05) is 17.7 Å². The Kier molecular flexibility index (Phi) is 6.41. The highest BCUT2D eigenvalue weighted by Crippen LogP contribution is 2.28. The first kappa shape index (κ1) is 20.0. The van der Waals surface area contributed by atoms with Crippen LogP contribution in [0.1, 0.15) is 43.7 Å². The maximum absolute atomic E-state index is 12.0. The Bertz CT molecular complexity index is 1010. The van der Waals surface area contributed by atoms with E-state index in [4.69, 9.17) is 16.6 Å². The number of nitrogens with one attached hydrogen (secondary N) is 2. The second kappa shape index (κ2) is 8.97. The molecule has 146 valence electrons. The highest BCUT2D eigenvalue weighted by molar-refractivity contribution is 7.80. The smallest absolute Gasteiger partial charge is 0.227 e. The Labute approximate surface area is 170 Å². The Morgan fingerprint density at radius 2 is 1.96 bits per heavy atom. The molecule has 0 radical (unpaired) electrons. The summed E-state index contributed by atoms with van der Waals surface area (Å²) < 4.78 is 5.89. The number of hydrogen-bond donors (Lipinski definition) is 2. The van der Waals surface area contributed by atoms with Crippen LogP contribution in [-0.4, -0.2) is 16.0 Å². The van der Waals surface area contributed by atoms with Crippen molar-refractivity contribution in [2.45, 2.75) is 46.5 Å². The van der Waals surface area contributed by atoms with Crippen LogP contribution in [0.2, 0.25) is 0 Å². The fourth-order valence-corrected chi connectivity index (χ4v) is 3.15. The van der Waals surface area contributed by atoms with Crippen LogP contribution in [0.15, 0.2) is 40.8 Å². The number of carbonyl (C=O) groups excluding carboxylic acids is 1. The van der Waals surface area contributed by atoms with Gasteiger partial charge in [-0.05, 0) is 67.9 Å². The van der Waals surface area contributed by atoms with Gasteiger partial charge in [-0.1, -0.05) is 31.9 Å². The lowest BCUT2D eigenvalue weighted by atomic mass is 10.1. The molecule has 0 unspecified atom stereocenters. The zero-order valence-corrected chi connectivity index (χ0v) is 17.3. The van der Waals surface area contributed by atoms with Crippen molar-refractivity contribution in [2.24, 2.45) is 0 Å². The number of aryl methyl sites for hydroxylation is 2. The molecule has 0 aliphatic carbocycles. The molecule has 3 aromatic rings. The van der Waals surface area contributed by atoms with Crippen LogP contribution in [-0.2, 0) is 4.79 Å². The normalized spacial score (nSPS) is 10.8. The average molecular weight is 396 g/mol. The zero-order valence-electron chi connectivity index (χ0n) is 16.5. The number of fused-ring (bicyclic) bond motifs is 1. The summed E-state index contributed by atoms with van der Waals surface area (Å²) >= 11 is 5.30. The molecule has 6 heteroatoms. The van der Waals surface area contributed by atoms with Crippen molar-refractivity contribution in [3.63, 3.8) is 0 Å². The number of thiocarbonyl (C=S) groups is 1. The monoisotopic (exact) mass is 395 g/mol. The summed E-state index contributed by atoms with van der Waals surface area (Å²) in [6.45, 7) is 6.12. The maximum Gasteiger partial charge on any atom is 0.227 e. The van der Waals surface area contributed by atoms with Crippen LogP contribution in [0.25, 0.3) is 22.6 Å². The van der Waals surface area contributed by atoms with E-state index in [1.54, 1.807) is 0 Å². The van der Waals surface area contributed by atoms with Crippen molar-refractivity contribution >= 4 is 40.0 Å². The Balaban J connectivity index is 1.73. The number of oxazole rings is 1. The van der Waals surface area contributed by atoms with E-state index in [1.165, 1.54) is 0 Å². The van der Waals surface area contributed by atoms with Crippen molar-refractivity contribution in [1.82, 2.24) is 10.3 Å². The van der Waals surface area contributed by atoms with E-state index >= 15 is 0 Å². The minimum Gasteiger partial charge on any atom is -0.436 e. The number of aromatic nitrogens is 1. The topological polar surface area (TPSA) is 67.2 Å². The largest absolute Gasteiger partial charge is 0.436 e. The van der Waals surface area contributed by atoms with Crippen molar-refractivity contribution in [1.29, 1.82) is 0 Å². The first-order chi connectivity index (χ1) is 13.5. The summed E-state index contributed by atoms with van der Waals surface area (Å²) in [5.41, 5.74) is 5.40. The quantitative estimate of drug-likeness (QED) is 0.426. The molecule has 0 bridgehead atoms. The molecular formula is C22H25N3O2S. The molecule has 0 aliphatic heterocycles. The summed E-state index contributed by atoms with van der Waals surface area (Å²) in [6, 6.07) is 11.8. The van der Waals surface area contributed by atoms with Crippen molar-refractivity contribution in [3.8, 4) is 11.5 Å². The highest BCUT2D eigenvalue weighted by atomic mass is 32.1. The van der Waals surface area contributed by atoms with Gasteiger partial charge in [0.15, 0.2) is 10.7 Å². The van der Waals surface area contributed by atoms with E-state index in [0.29, 0.717) is 17.4 Å². The Morgan fingerprint density at radius 3 is 2.75 bits per heavy atom. The van der Waals surface area contributed by atoms with Gasteiger partial charge in [-0.15, -0.1) is 0 Å². The van der Waals surface area contributed by atoms with Crippen LogP contribution in [0, 0.1) is 13.8 Å². The molecule has 1 heterocycles. The Morgan fingerprint density at radius 1 is 1.14 bits per heavy atom. The van der Waals surface area contributed by atoms with Crippen LogP contribution < -0.4 is 10.6 Å². The van der Waals surface area contributed by atoms with Crippen molar-refractivity contribution in [2.75, 3.05) is 5.32 Å². The third-order valence-electron chi connectivity index (χ3n) is 4.54. The van der Waals surface area contributed by atoms with Gasteiger partial charge in [-0.2, -0.15) is 0 Å². The van der Waals surface area contributed by atoms with E-state index < -0.39 is 0 Å². The molecule has 2 N–H and O–H groups in total. The number of amides is 1. The van der Waals surface area contributed by atoms with Gasteiger partial charge in [0.2, 0.25) is 11.8 Å². The first-order valence-corrected chi connectivity index (χ1v) is 9.96. The summed E-state index contributed by atoms with van der Waals surface area (Å²) in [7, 11) is 0. The molecule has 0 saturated carbocycles. The molecule has 0 fully saturated rings. The number of nitrogens with zero attached hydrogens (tertiary/aromatic N) is 1. The summed E-state index contributed by atoms with van der Waals surface area (Å²) in [6.07, 6.45) is 3.48. The second-order valence-electron chi connectivity index (χ2n) is 6.98. The summed E-state index contributed by atoms with van der Waals surface area (Å²) in [5, 5.41) is 6.16. The van der Waals surface area contributed by atoms with Gasteiger partial charge < -0.3 is 15.1 Å². The predicted octanol–water partition coefficient (Wildman–Crippen LogP) is 5.50. The third kappa shape index (κ3) is 4.95. The molecular weight excluding hydrogens is 370 g/mol. The minimum absolute atomic E-state index is 0.0610. The number of unbranched alkanes of at least 4 members (excludes halogenated alkanes) is 2. The lowest BCUT2D eigenvalue weighted by Gasteiger charge is -2.12. The minimum atomic E-state index is -0.0610. The van der Waals surface area contributed by atoms with Crippen LogP contribution >= 0.6 is 12.2 Å². The zero-order chi connectivity index (χ0) is 20.1. The van der Waals surface area contributed by atoms with Gasteiger partial charge in [-0.25, -0.2) is 4.98 Å². The number of hydrogen-bond acceptors (Lipinski definition) is 4. The number of benzene rings is 2. The van der Waals surface area contributed by atoms with Crippen molar-refractivity contribution < 1.29 is 9.21 Å². The van der Waals surface area contributed by atoms with E-state index in [2.05, 4.69) is 22.5 Å². The second-order valence-corrected chi connectivity index (χ2v) is 7.39. The van der Waals surface area contributed by atoms with Crippen molar-refractivity contribution in [3.05, 3.63) is 47.5 Å². The molecule has 0 saturated heterocycles. The number of anilines is 1. The standard InChI is InChI=1S/C22H25N3O2S/c1-4-5-6-7-20(26)25-22(28)24-17-13-16(10-9-15(17)3)21-23-18-12-14(2)8-11-19(18)27-21/h8-13H,4-7H2,1-3H3,(H2,24,25,26,28). The van der Waals surface area contributed by atoms with Gasteiger partial charge in [0.1, 0.15) is 5.52 Å². The first-order valence-electron chi connectivity index (χ1n) is 9.55. The Hall–Kier alpha value is -2.73. The lowest BCUT2D eigenvalue weighted by Crippen LogP contribution is -2.34. The SMILES string of the molecule is CCCCCC(=O)NC(=S)Nc1cc(-c2nc3cc(C)ccc3o2)ccc1C. The fraction of sp³-hybridized carbons (Fsp3) is 0.318. The molecule has 28 heavy (non-hydrogen) atoms. The van der Waals surface area contributed by atoms with Gasteiger partial charge in [0.05, 0.1) is 0 Å². The fourth-order valence-electron chi connectivity index (χ4n) is 2.93. The maximum atomic E-state index is 12.0. The molecule has 1 aromatic heterocycles. The predicted molar refractivity (Wildman–Crippen MR) is 117 cm³/mol. The number of carbonyl (C=O) groups is 1. The highest BCUT2D eigenvalue weighted by Gasteiger charge is 2.12. The third-order valence-corrected chi connectivity index (χ3v) is 4.74. The van der Waals surface area contributed by atoms with Gasteiger partial charge in [-0.3, -0.25) is 4.79 Å². The van der Waals surface area contributed by atoms with E-state index in [-0.39, 0.29) is 5.91 Å². The average Bonchev–Trinajstić information content (AvgIpc) is 3.06. The molecule has 0 atom stereocenters. The lowest BCUT2D eigenvalue weighted by molar-refractivity contribution is -0.119. The van der Waals surface area contributed by atoms with Gasteiger partial charge >= 0.3 is 0 Å². The molecule has 0 spiro atoms. The van der Waals surface area contributed by atoms with E-state index in [9.17, 15) is 4.79 Å². The molecule has 1 amide bonds. The molecule has 2 aromatic carbocycles. The van der Waals surface area contributed by atoms with Gasteiger partial charge in [0.25, 0.3) is 0 Å². The van der Waals surface area contributed by atoms with Crippen LogP contribution in [0.3, 0.4) is 0 Å².